The van der Waals surface area contributed by atoms with E-state index in [1.807, 2.05) is 54.6 Å². The lowest BCUT2D eigenvalue weighted by atomic mass is 10.2. The summed E-state index contributed by atoms with van der Waals surface area (Å²) in [5.74, 6) is 1.68. The SMILES string of the molecule is CC(C)(C)OCc1cccc(Oc2ccccc2)c1. The molecule has 0 N–H and O–H groups in total. The third-order valence-electron chi connectivity index (χ3n) is 2.55. The average Bonchev–Trinajstić information content (AvgIpc) is 2.37. The molecule has 0 unspecified atom stereocenters. The smallest absolute Gasteiger partial charge is 0.127 e. The van der Waals surface area contributed by atoms with Crippen LogP contribution in [0.5, 0.6) is 11.5 Å². The second-order valence-corrected chi connectivity index (χ2v) is 5.46. The summed E-state index contributed by atoms with van der Waals surface area (Å²) in [5.41, 5.74) is 0.986. The molecule has 0 aromatic heterocycles. The molecule has 0 saturated carbocycles. The molecule has 0 radical (unpaired) electrons. The van der Waals surface area contributed by atoms with E-state index >= 15 is 0 Å². The van der Waals surface area contributed by atoms with Gasteiger partial charge in [0.05, 0.1) is 12.2 Å². The van der Waals surface area contributed by atoms with E-state index < -0.39 is 0 Å². The lowest BCUT2D eigenvalue weighted by molar-refractivity contribution is -0.0150. The maximum absolute atomic E-state index is 5.80. The highest BCUT2D eigenvalue weighted by atomic mass is 16.5. The molecule has 2 rings (SSSR count). The molecule has 0 bridgehead atoms. The Kier molecular flexibility index (Phi) is 4.23. The fraction of sp³-hybridized carbons (Fsp3) is 0.294. The molecular formula is C17H20O2. The monoisotopic (exact) mass is 256 g/mol. The van der Waals surface area contributed by atoms with Gasteiger partial charge in [-0.05, 0) is 50.6 Å². The van der Waals surface area contributed by atoms with Gasteiger partial charge in [0.1, 0.15) is 11.5 Å². The highest BCUT2D eigenvalue weighted by molar-refractivity contribution is 5.33. The van der Waals surface area contributed by atoms with E-state index in [0.717, 1.165) is 17.1 Å². The molecule has 2 heteroatoms. The predicted octanol–water partition coefficient (Wildman–Crippen LogP) is 4.79. The highest BCUT2D eigenvalue weighted by Crippen LogP contribution is 2.22. The van der Waals surface area contributed by atoms with Crippen molar-refractivity contribution in [3.63, 3.8) is 0 Å². The van der Waals surface area contributed by atoms with Crippen molar-refractivity contribution in [1.82, 2.24) is 0 Å². The van der Waals surface area contributed by atoms with Crippen LogP contribution in [0, 0.1) is 0 Å². The zero-order chi connectivity index (χ0) is 13.7. The third kappa shape index (κ3) is 4.76. The van der Waals surface area contributed by atoms with E-state index in [-0.39, 0.29) is 5.60 Å². The molecule has 19 heavy (non-hydrogen) atoms. The standard InChI is InChI=1S/C17H20O2/c1-17(2,3)18-13-14-8-7-11-16(12-14)19-15-9-5-4-6-10-15/h4-12H,13H2,1-3H3. The van der Waals surface area contributed by atoms with Crippen LogP contribution in [0.3, 0.4) is 0 Å². The van der Waals surface area contributed by atoms with Gasteiger partial charge in [0.25, 0.3) is 0 Å². The first-order valence-corrected chi connectivity index (χ1v) is 6.49. The minimum absolute atomic E-state index is 0.129. The van der Waals surface area contributed by atoms with Crippen molar-refractivity contribution in [1.29, 1.82) is 0 Å². The summed E-state index contributed by atoms with van der Waals surface area (Å²) < 4.78 is 11.6. The number of hydrogen-bond donors (Lipinski definition) is 0. The molecule has 2 aromatic rings. The van der Waals surface area contributed by atoms with Crippen LogP contribution in [-0.2, 0) is 11.3 Å². The summed E-state index contributed by atoms with van der Waals surface area (Å²) in [7, 11) is 0. The van der Waals surface area contributed by atoms with Gasteiger partial charge in [-0.15, -0.1) is 0 Å². The molecule has 0 spiro atoms. The van der Waals surface area contributed by atoms with Crippen LogP contribution in [0.25, 0.3) is 0 Å². The van der Waals surface area contributed by atoms with Gasteiger partial charge in [0.2, 0.25) is 0 Å². The van der Waals surface area contributed by atoms with Gasteiger partial charge in [0.15, 0.2) is 0 Å². The zero-order valence-corrected chi connectivity index (χ0v) is 11.7. The van der Waals surface area contributed by atoms with E-state index in [0.29, 0.717) is 6.61 Å². The molecule has 2 nitrogen and oxygen atoms in total. The Bertz CT molecular complexity index is 512. The van der Waals surface area contributed by atoms with Crippen LogP contribution in [0.1, 0.15) is 26.3 Å². The maximum Gasteiger partial charge on any atom is 0.127 e. The Labute approximate surface area is 115 Å². The van der Waals surface area contributed by atoms with Crippen molar-refractivity contribution in [3.8, 4) is 11.5 Å². The highest BCUT2D eigenvalue weighted by Gasteiger charge is 2.10. The van der Waals surface area contributed by atoms with Crippen molar-refractivity contribution in [2.24, 2.45) is 0 Å². The molecule has 0 aliphatic heterocycles. The summed E-state index contributed by atoms with van der Waals surface area (Å²) in [6.45, 7) is 6.75. The van der Waals surface area contributed by atoms with Gasteiger partial charge < -0.3 is 9.47 Å². The van der Waals surface area contributed by atoms with Crippen LogP contribution >= 0.6 is 0 Å². The van der Waals surface area contributed by atoms with E-state index in [4.69, 9.17) is 9.47 Å². The minimum atomic E-state index is -0.129. The summed E-state index contributed by atoms with van der Waals surface area (Å²) in [6, 6.07) is 17.8. The lowest BCUT2D eigenvalue weighted by Crippen LogP contribution is -2.18. The largest absolute Gasteiger partial charge is 0.457 e. The average molecular weight is 256 g/mol. The Morgan fingerprint density at radius 3 is 2.21 bits per heavy atom. The number of rotatable bonds is 4. The molecule has 0 fully saturated rings. The first-order valence-electron chi connectivity index (χ1n) is 6.49. The predicted molar refractivity (Wildman–Crippen MR) is 77.5 cm³/mol. The van der Waals surface area contributed by atoms with Crippen molar-refractivity contribution < 1.29 is 9.47 Å². The van der Waals surface area contributed by atoms with Crippen LogP contribution in [0.15, 0.2) is 54.6 Å². The Morgan fingerprint density at radius 1 is 0.842 bits per heavy atom. The van der Waals surface area contributed by atoms with Crippen molar-refractivity contribution >= 4 is 0 Å². The molecule has 2 aromatic carbocycles. The van der Waals surface area contributed by atoms with Gasteiger partial charge in [-0.1, -0.05) is 30.3 Å². The van der Waals surface area contributed by atoms with Gasteiger partial charge >= 0.3 is 0 Å². The van der Waals surface area contributed by atoms with Crippen LogP contribution in [-0.4, -0.2) is 5.60 Å². The van der Waals surface area contributed by atoms with E-state index in [9.17, 15) is 0 Å². The van der Waals surface area contributed by atoms with E-state index in [2.05, 4.69) is 20.8 Å². The van der Waals surface area contributed by atoms with Crippen molar-refractivity contribution in [3.05, 3.63) is 60.2 Å². The summed E-state index contributed by atoms with van der Waals surface area (Å²) in [4.78, 5) is 0. The first-order chi connectivity index (χ1) is 9.03. The molecule has 0 amide bonds. The molecule has 0 saturated heterocycles. The number of benzene rings is 2. The number of para-hydroxylation sites is 1. The topological polar surface area (TPSA) is 18.5 Å². The Balaban J connectivity index is 2.03. The second kappa shape index (κ2) is 5.89. The van der Waals surface area contributed by atoms with Crippen LogP contribution in [0.2, 0.25) is 0 Å². The fourth-order valence-corrected chi connectivity index (χ4v) is 1.62. The molecule has 100 valence electrons. The van der Waals surface area contributed by atoms with E-state index in [1.54, 1.807) is 0 Å². The molecule has 0 heterocycles. The summed E-state index contributed by atoms with van der Waals surface area (Å²) in [6.07, 6.45) is 0. The normalized spacial score (nSPS) is 11.3. The zero-order valence-electron chi connectivity index (χ0n) is 11.7. The number of hydrogen-bond acceptors (Lipinski definition) is 2. The molecule has 0 aliphatic rings. The van der Waals surface area contributed by atoms with Crippen LogP contribution < -0.4 is 4.74 Å². The third-order valence-corrected chi connectivity index (χ3v) is 2.55. The molecular weight excluding hydrogens is 236 g/mol. The van der Waals surface area contributed by atoms with Crippen molar-refractivity contribution in [2.45, 2.75) is 33.0 Å². The second-order valence-electron chi connectivity index (χ2n) is 5.46. The van der Waals surface area contributed by atoms with E-state index in [1.165, 1.54) is 0 Å². The van der Waals surface area contributed by atoms with Gasteiger partial charge in [-0.25, -0.2) is 0 Å². The Hall–Kier alpha value is -1.80. The first kappa shape index (κ1) is 13.6. The van der Waals surface area contributed by atoms with Gasteiger partial charge in [-0.2, -0.15) is 0 Å². The fourth-order valence-electron chi connectivity index (χ4n) is 1.62. The van der Waals surface area contributed by atoms with Gasteiger partial charge in [0, 0.05) is 0 Å². The lowest BCUT2D eigenvalue weighted by Gasteiger charge is -2.19. The molecule has 0 atom stereocenters. The quantitative estimate of drug-likeness (QED) is 0.782. The number of ether oxygens (including phenoxy) is 2. The van der Waals surface area contributed by atoms with Gasteiger partial charge in [-0.3, -0.25) is 0 Å². The molecule has 0 aliphatic carbocycles. The summed E-state index contributed by atoms with van der Waals surface area (Å²) in [5, 5.41) is 0. The minimum Gasteiger partial charge on any atom is -0.457 e. The van der Waals surface area contributed by atoms with Crippen LogP contribution in [0.4, 0.5) is 0 Å². The maximum atomic E-state index is 5.80. The Morgan fingerprint density at radius 2 is 1.53 bits per heavy atom. The summed E-state index contributed by atoms with van der Waals surface area (Å²) >= 11 is 0. The van der Waals surface area contributed by atoms with Crippen molar-refractivity contribution in [2.75, 3.05) is 0 Å².